The van der Waals surface area contributed by atoms with Crippen LogP contribution >= 0.6 is 0 Å². The largest absolute Gasteiger partial charge is 0.368 e. The molecule has 2 aromatic heterocycles. The molecule has 28 heavy (non-hydrogen) atoms. The number of aromatic nitrogens is 2. The summed E-state index contributed by atoms with van der Waals surface area (Å²) in [7, 11) is 0. The Kier molecular flexibility index (Phi) is 5.16. The summed E-state index contributed by atoms with van der Waals surface area (Å²) < 4.78 is 7.97. The van der Waals surface area contributed by atoms with Gasteiger partial charge in [0.25, 0.3) is 0 Å². The van der Waals surface area contributed by atoms with Gasteiger partial charge in [-0.25, -0.2) is 9.78 Å². The number of imidazole rings is 1. The van der Waals surface area contributed by atoms with Crippen LogP contribution in [0, 0.1) is 0 Å². The first-order valence-electron chi connectivity index (χ1n) is 9.57. The maximum absolute atomic E-state index is 12.4. The lowest BCUT2D eigenvalue weighted by molar-refractivity contribution is -0.0168. The zero-order valence-corrected chi connectivity index (χ0v) is 16.1. The number of pyridine rings is 1. The summed E-state index contributed by atoms with van der Waals surface area (Å²) in [5.74, 6) is 0.924. The molecule has 1 atom stereocenters. The van der Waals surface area contributed by atoms with Crippen molar-refractivity contribution in [1.29, 1.82) is 0 Å². The lowest BCUT2D eigenvalue weighted by atomic mass is 10.2. The Bertz CT molecular complexity index is 954. The van der Waals surface area contributed by atoms with Gasteiger partial charge in [-0.3, -0.25) is 4.40 Å². The van der Waals surface area contributed by atoms with Crippen LogP contribution in [0.4, 0.5) is 16.3 Å². The van der Waals surface area contributed by atoms with Gasteiger partial charge in [0, 0.05) is 18.3 Å². The molecule has 2 amide bonds. The number of hydrogen-bond donors (Lipinski definition) is 2. The predicted molar refractivity (Wildman–Crippen MR) is 109 cm³/mol. The van der Waals surface area contributed by atoms with E-state index in [1.807, 2.05) is 66.8 Å². The van der Waals surface area contributed by atoms with E-state index in [-0.39, 0.29) is 18.2 Å². The lowest BCUT2D eigenvalue weighted by Gasteiger charge is -2.33. The van der Waals surface area contributed by atoms with E-state index in [9.17, 15) is 4.79 Å². The van der Waals surface area contributed by atoms with Gasteiger partial charge in [-0.1, -0.05) is 24.3 Å². The van der Waals surface area contributed by atoms with Gasteiger partial charge >= 0.3 is 6.03 Å². The second-order valence-corrected chi connectivity index (χ2v) is 7.20. The van der Waals surface area contributed by atoms with Crippen LogP contribution in [-0.2, 0) is 4.74 Å². The molecule has 1 aliphatic rings. The van der Waals surface area contributed by atoms with Gasteiger partial charge in [-0.15, -0.1) is 0 Å². The van der Waals surface area contributed by atoms with Gasteiger partial charge < -0.3 is 20.3 Å². The molecular formula is C21H25N5O2. The number of fused-ring (bicyclic) bond motifs is 1. The number of benzene rings is 1. The van der Waals surface area contributed by atoms with Crippen LogP contribution in [0.25, 0.3) is 5.52 Å². The number of urea groups is 1. The first-order valence-corrected chi connectivity index (χ1v) is 9.57. The molecule has 0 spiro atoms. The summed E-state index contributed by atoms with van der Waals surface area (Å²) in [5, 5.41) is 6.37. The highest BCUT2D eigenvalue weighted by molar-refractivity contribution is 5.74. The normalized spacial score (nSPS) is 17.1. The molecule has 0 bridgehead atoms. The predicted octanol–water partition coefficient (Wildman–Crippen LogP) is 3.57. The third-order valence-electron chi connectivity index (χ3n) is 4.72. The third kappa shape index (κ3) is 3.80. The summed E-state index contributed by atoms with van der Waals surface area (Å²) >= 11 is 0. The molecule has 2 N–H and O–H groups in total. The molecule has 1 aromatic carbocycles. The third-order valence-corrected chi connectivity index (χ3v) is 4.72. The van der Waals surface area contributed by atoms with Crippen LogP contribution in [0.15, 0.2) is 54.9 Å². The Balaban J connectivity index is 1.58. The smallest absolute Gasteiger partial charge is 0.317 e. The van der Waals surface area contributed by atoms with E-state index in [2.05, 4.69) is 15.6 Å². The van der Waals surface area contributed by atoms with Crippen molar-refractivity contribution >= 4 is 23.1 Å². The summed E-state index contributed by atoms with van der Waals surface area (Å²) in [6.07, 6.45) is 1.55. The molecule has 1 aliphatic heterocycles. The number of nitrogens with zero attached hydrogens (tertiary/aromatic N) is 3. The molecule has 0 saturated carbocycles. The molecule has 3 heterocycles. The maximum Gasteiger partial charge on any atom is 0.317 e. The Morgan fingerprint density at radius 1 is 1.18 bits per heavy atom. The number of hydrogen-bond acceptors (Lipinski definition) is 4. The minimum absolute atomic E-state index is 0.0572. The Morgan fingerprint density at radius 3 is 2.79 bits per heavy atom. The van der Waals surface area contributed by atoms with Crippen molar-refractivity contribution in [2.24, 2.45) is 0 Å². The number of rotatable bonds is 4. The van der Waals surface area contributed by atoms with Crippen LogP contribution in [-0.4, -0.2) is 46.1 Å². The number of amides is 2. The van der Waals surface area contributed by atoms with Gasteiger partial charge in [-0.2, -0.15) is 0 Å². The van der Waals surface area contributed by atoms with E-state index in [1.165, 1.54) is 0 Å². The van der Waals surface area contributed by atoms with E-state index in [0.29, 0.717) is 19.7 Å². The summed E-state index contributed by atoms with van der Waals surface area (Å²) in [6.45, 7) is 5.49. The SMILES string of the molecule is CC(C)NC(=O)N1CCO[C@@H](c2ncn3c(Nc4ccccc4)cccc23)C1. The van der Waals surface area contributed by atoms with Gasteiger partial charge in [-0.05, 0) is 38.1 Å². The van der Waals surface area contributed by atoms with Crippen molar-refractivity contribution < 1.29 is 9.53 Å². The average molecular weight is 379 g/mol. The second kappa shape index (κ2) is 7.90. The van der Waals surface area contributed by atoms with Crippen LogP contribution < -0.4 is 10.6 Å². The van der Waals surface area contributed by atoms with Crippen LogP contribution in [0.2, 0.25) is 0 Å². The zero-order valence-electron chi connectivity index (χ0n) is 16.1. The van der Waals surface area contributed by atoms with Crippen LogP contribution in [0.5, 0.6) is 0 Å². The summed E-state index contributed by atoms with van der Waals surface area (Å²) in [4.78, 5) is 18.8. The zero-order chi connectivity index (χ0) is 19.5. The van der Waals surface area contributed by atoms with Crippen molar-refractivity contribution in [3.63, 3.8) is 0 Å². The van der Waals surface area contributed by atoms with E-state index < -0.39 is 0 Å². The number of para-hydroxylation sites is 1. The average Bonchev–Trinajstić information content (AvgIpc) is 3.14. The highest BCUT2D eigenvalue weighted by Gasteiger charge is 2.28. The first kappa shape index (κ1) is 18.3. The fraction of sp³-hybridized carbons (Fsp3) is 0.333. The number of anilines is 2. The summed E-state index contributed by atoms with van der Waals surface area (Å²) in [6, 6.07) is 16.1. The molecular weight excluding hydrogens is 354 g/mol. The highest BCUT2D eigenvalue weighted by atomic mass is 16.5. The monoisotopic (exact) mass is 379 g/mol. The summed E-state index contributed by atoms with van der Waals surface area (Å²) in [5.41, 5.74) is 2.83. The minimum atomic E-state index is -0.247. The molecule has 3 aromatic rings. The fourth-order valence-electron chi connectivity index (χ4n) is 3.40. The molecule has 7 nitrogen and oxygen atoms in total. The lowest BCUT2D eigenvalue weighted by Crippen LogP contribution is -2.48. The topological polar surface area (TPSA) is 70.9 Å². The van der Waals surface area contributed by atoms with Gasteiger partial charge in [0.2, 0.25) is 0 Å². The Morgan fingerprint density at radius 2 is 2.00 bits per heavy atom. The van der Waals surface area contributed by atoms with E-state index in [4.69, 9.17) is 4.74 Å². The van der Waals surface area contributed by atoms with Crippen molar-refractivity contribution in [3.8, 4) is 0 Å². The molecule has 1 saturated heterocycles. The highest BCUT2D eigenvalue weighted by Crippen LogP contribution is 2.27. The number of nitrogens with one attached hydrogen (secondary N) is 2. The number of ether oxygens (including phenoxy) is 1. The number of carbonyl (C=O) groups is 1. The Labute approximate surface area is 164 Å². The molecule has 1 fully saturated rings. The van der Waals surface area contributed by atoms with E-state index in [1.54, 1.807) is 11.2 Å². The standard InChI is InChI=1S/C21H25N5O2/c1-15(2)23-21(27)25-11-12-28-18(13-25)20-17-9-6-10-19(26(17)14-22-20)24-16-7-4-3-5-8-16/h3-10,14-15,18,24H,11-13H2,1-2H3,(H,23,27)/t18-/m1/s1. The second-order valence-electron chi connectivity index (χ2n) is 7.20. The van der Waals surface area contributed by atoms with E-state index in [0.717, 1.165) is 22.7 Å². The molecule has 146 valence electrons. The molecule has 7 heteroatoms. The first-order chi connectivity index (χ1) is 13.6. The molecule has 0 radical (unpaired) electrons. The van der Waals surface area contributed by atoms with Gasteiger partial charge in [0.05, 0.1) is 24.4 Å². The van der Waals surface area contributed by atoms with Gasteiger partial charge in [0.15, 0.2) is 0 Å². The minimum Gasteiger partial charge on any atom is -0.368 e. The number of morpholine rings is 1. The maximum atomic E-state index is 12.4. The van der Waals surface area contributed by atoms with Gasteiger partial charge in [0.1, 0.15) is 18.2 Å². The van der Waals surface area contributed by atoms with Crippen LogP contribution in [0.3, 0.4) is 0 Å². The van der Waals surface area contributed by atoms with Crippen molar-refractivity contribution in [3.05, 3.63) is 60.6 Å². The Hall–Kier alpha value is -3.06. The number of carbonyl (C=O) groups excluding carboxylic acids is 1. The van der Waals surface area contributed by atoms with Crippen LogP contribution in [0.1, 0.15) is 25.6 Å². The van der Waals surface area contributed by atoms with E-state index >= 15 is 0 Å². The molecule has 4 rings (SSSR count). The fourth-order valence-corrected chi connectivity index (χ4v) is 3.40. The quantitative estimate of drug-likeness (QED) is 0.727. The van der Waals surface area contributed by atoms with Crippen molar-refractivity contribution in [2.75, 3.05) is 25.0 Å². The van der Waals surface area contributed by atoms with Crippen molar-refractivity contribution in [1.82, 2.24) is 19.6 Å². The molecule has 0 aliphatic carbocycles. The molecule has 0 unspecified atom stereocenters. The van der Waals surface area contributed by atoms with Crippen molar-refractivity contribution in [2.45, 2.75) is 26.0 Å².